The van der Waals surface area contributed by atoms with Crippen molar-refractivity contribution in [1.82, 2.24) is 10.3 Å². The first-order valence-electron chi connectivity index (χ1n) is 8.13. The molecule has 2 rings (SSSR count). The number of urea groups is 1. The number of carbonyl (C=O) groups excluding carboxylic acids is 1. The van der Waals surface area contributed by atoms with Gasteiger partial charge in [0.25, 0.3) is 0 Å². The number of hydrogen-bond acceptors (Lipinski definition) is 4. The van der Waals surface area contributed by atoms with E-state index in [4.69, 9.17) is 4.42 Å². The summed E-state index contributed by atoms with van der Waals surface area (Å²) in [5, 5.41) is 14.9. The molecule has 6 nitrogen and oxygen atoms in total. The van der Waals surface area contributed by atoms with Gasteiger partial charge in [-0.3, -0.25) is 0 Å². The molecular formula is C18H25N3O3. The molecule has 6 heteroatoms. The number of nitrogens with one attached hydrogen (secondary N) is 2. The molecule has 1 aromatic carbocycles. The smallest absolute Gasteiger partial charge is 0.319 e. The maximum Gasteiger partial charge on any atom is 0.319 e. The number of hydrogen-bond donors (Lipinski definition) is 3. The molecule has 1 atom stereocenters. The highest BCUT2D eigenvalue weighted by atomic mass is 16.4. The molecule has 0 aliphatic rings. The van der Waals surface area contributed by atoms with Crippen molar-refractivity contribution in [3.63, 3.8) is 0 Å². The van der Waals surface area contributed by atoms with E-state index in [-0.39, 0.29) is 18.6 Å². The van der Waals surface area contributed by atoms with Crippen LogP contribution >= 0.6 is 0 Å². The van der Waals surface area contributed by atoms with Crippen LogP contribution in [0, 0.1) is 0 Å². The number of oxazole rings is 1. The lowest BCUT2D eigenvalue weighted by Gasteiger charge is -2.27. The van der Waals surface area contributed by atoms with E-state index in [1.807, 2.05) is 32.9 Å². The first kappa shape index (κ1) is 18.0. The van der Waals surface area contributed by atoms with E-state index in [0.29, 0.717) is 18.0 Å². The van der Waals surface area contributed by atoms with Gasteiger partial charge in [0.2, 0.25) is 5.89 Å². The summed E-state index contributed by atoms with van der Waals surface area (Å²) in [5.74, 6) is 1.69. The molecule has 1 aromatic heterocycles. The maximum atomic E-state index is 12.0. The average Bonchev–Trinajstić information content (AvgIpc) is 3.05. The molecule has 24 heavy (non-hydrogen) atoms. The molecule has 1 unspecified atom stereocenters. The third-order valence-corrected chi connectivity index (χ3v) is 4.03. The van der Waals surface area contributed by atoms with E-state index in [2.05, 4.69) is 15.6 Å². The Balaban J connectivity index is 2.02. The molecule has 1 heterocycles. The molecule has 0 radical (unpaired) electrons. The lowest BCUT2D eigenvalue weighted by atomic mass is 10.0. The van der Waals surface area contributed by atoms with Crippen LogP contribution in [0.15, 0.2) is 34.9 Å². The minimum absolute atomic E-state index is 0.113. The van der Waals surface area contributed by atoms with E-state index in [9.17, 15) is 9.90 Å². The van der Waals surface area contributed by atoms with E-state index < -0.39 is 5.54 Å². The predicted octanol–water partition coefficient (Wildman–Crippen LogP) is 3.75. The second-order valence-corrected chi connectivity index (χ2v) is 6.45. The molecule has 0 fully saturated rings. The summed E-state index contributed by atoms with van der Waals surface area (Å²) in [6.45, 7) is 7.69. The molecule has 130 valence electrons. The standard InChI is InChI=1S/C18H25N3O3/c1-5-18(4,11-22)21-17(23)20-14-8-6-13(7-9-14)16-19-10-15(24-16)12(2)3/h6-10,12,22H,5,11H2,1-4H3,(H2,20,21,23). The number of aromatic nitrogens is 1. The second-order valence-electron chi connectivity index (χ2n) is 6.45. The van der Waals surface area contributed by atoms with Crippen LogP contribution < -0.4 is 10.6 Å². The normalized spacial score (nSPS) is 13.6. The fourth-order valence-electron chi connectivity index (χ4n) is 2.06. The van der Waals surface area contributed by atoms with Crippen molar-refractivity contribution in [2.75, 3.05) is 11.9 Å². The zero-order valence-electron chi connectivity index (χ0n) is 14.6. The van der Waals surface area contributed by atoms with Crippen LogP contribution in [-0.2, 0) is 0 Å². The molecule has 0 aliphatic heterocycles. The molecule has 0 saturated heterocycles. The number of nitrogens with zero attached hydrogens (tertiary/aromatic N) is 1. The first-order chi connectivity index (χ1) is 11.4. The highest BCUT2D eigenvalue weighted by molar-refractivity contribution is 5.90. The van der Waals surface area contributed by atoms with E-state index in [1.54, 1.807) is 25.3 Å². The minimum atomic E-state index is -0.630. The third kappa shape index (κ3) is 4.35. The summed E-state index contributed by atoms with van der Waals surface area (Å²) >= 11 is 0. The lowest BCUT2D eigenvalue weighted by molar-refractivity contribution is 0.172. The van der Waals surface area contributed by atoms with Crippen LogP contribution in [0.2, 0.25) is 0 Å². The number of carbonyl (C=O) groups is 1. The van der Waals surface area contributed by atoms with Crippen LogP contribution in [0.4, 0.5) is 10.5 Å². The summed E-state index contributed by atoms with van der Waals surface area (Å²) < 4.78 is 5.71. The average molecular weight is 331 g/mol. The number of benzene rings is 1. The monoisotopic (exact) mass is 331 g/mol. The molecule has 2 aromatic rings. The Morgan fingerprint density at radius 1 is 1.33 bits per heavy atom. The number of aliphatic hydroxyl groups is 1. The van der Waals surface area contributed by atoms with E-state index in [1.165, 1.54) is 0 Å². The Bertz CT molecular complexity index is 673. The van der Waals surface area contributed by atoms with E-state index in [0.717, 1.165) is 11.3 Å². The summed E-state index contributed by atoms with van der Waals surface area (Å²) in [5.41, 5.74) is 0.875. The van der Waals surface area contributed by atoms with Crippen LogP contribution in [0.3, 0.4) is 0 Å². The lowest BCUT2D eigenvalue weighted by Crippen LogP contribution is -2.50. The number of amides is 2. The zero-order valence-corrected chi connectivity index (χ0v) is 14.6. The van der Waals surface area contributed by atoms with Gasteiger partial charge in [0, 0.05) is 17.2 Å². The summed E-state index contributed by atoms with van der Waals surface area (Å²) in [4.78, 5) is 16.3. The number of rotatable bonds is 6. The van der Waals surface area contributed by atoms with Crippen LogP contribution in [0.5, 0.6) is 0 Å². The number of aliphatic hydroxyl groups excluding tert-OH is 1. The second kappa shape index (κ2) is 7.49. The summed E-state index contributed by atoms with van der Waals surface area (Å²) in [7, 11) is 0. The fourth-order valence-corrected chi connectivity index (χ4v) is 2.06. The fraction of sp³-hybridized carbons (Fsp3) is 0.444. The molecule has 3 N–H and O–H groups in total. The van der Waals surface area contributed by atoms with Crippen molar-refractivity contribution in [1.29, 1.82) is 0 Å². The predicted molar refractivity (Wildman–Crippen MR) is 94.0 cm³/mol. The quantitative estimate of drug-likeness (QED) is 0.752. The Morgan fingerprint density at radius 3 is 2.50 bits per heavy atom. The van der Waals surface area contributed by atoms with Crippen molar-refractivity contribution in [3.05, 3.63) is 36.2 Å². The Kier molecular flexibility index (Phi) is 5.62. The van der Waals surface area contributed by atoms with Gasteiger partial charge >= 0.3 is 6.03 Å². The van der Waals surface area contributed by atoms with Gasteiger partial charge in [0.05, 0.1) is 18.3 Å². The Hall–Kier alpha value is -2.34. The maximum absolute atomic E-state index is 12.0. The van der Waals surface area contributed by atoms with Gasteiger partial charge in [-0.05, 0) is 37.6 Å². The molecule has 0 spiro atoms. The third-order valence-electron chi connectivity index (χ3n) is 4.03. The van der Waals surface area contributed by atoms with Crippen molar-refractivity contribution < 1.29 is 14.3 Å². The van der Waals surface area contributed by atoms with Gasteiger partial charge in [0.15, 0.2) is 0 Å². The van der Waals surface area contributed by atoms with Crippen molar-refractivity contribution in [2.45, 2.75) is 45.6 Å². The Morgan fingerprint density at radius 2 is 2.00 bits per heavy atom. The Labute approximate surface area is 142 Å². The SMILES string of the molecule is CCC(C)(CO)NC(=O)Nc1ccc(-c2ncc(C(C)C)o2)cc1. The summed E-state index contributed by atoms with van der Waals surface area (Å²) in [6, 6.07) is 6.92. The van der Waals surface area contributed by atoms with Crippen LogP contribution in [-0.4, -0.2) is 28.3 Å². The van der Waals surface area contributed by atoms with Crippen molar-refractivity contribution >= 4 is 11.7 Å². The van der Waals surface area contributed by atoms with Crippen LogP contribution in [0.25, 0.3) is 11.5 Å². The first-order valence-corrected chi connectivity index (χ1v) is 8.13. The van der Waals surface area contributed by atoms with Crippen LogP contribution in [0.1, 0.15) is 45.8 Å². The van der Waals surface area contributed by atoms with Crippen molar-refractivity contribution in [3.8, 4) is 11.5 Å². The number of anilines is 1. The highest BCUT2D eigenvalue weighted by Crippen LogP contribution is 2.24. The minimum Gasteiger partial charge on any atom is -0.441 e. The van der Waals surface area contributed by atoms with Gasteiger partial charge in [-0.15, -0.1) is 0 Å². The van der Waals surface area contributed by atoms with E-state index >= 15 is 0 Å². The topological polar surface area (TPSA) is 87.4 Å². The zero-order chi connectivity index (χ0) is 17.7. The van der Waals surface area contributed by atoms with Gasteiger partial charge in [-0.1, -0.05) is 20.8 Å². The molecule has 2 amide bonds. The van der Waals surface area contributed by atoms with Gasteiger partial charge in [-0.2, -0.15) is 0 Å². The largest absolute Gasteiger partial charge is 0.441 e. The molecular weight excluding hydrogens is 306 g/mol. The van der Waals surface area contributed by atoms with Crippen molar-refractivity contribution in [2.24, 2.45) is 0 Å². The molecule has 0 saturated carbocycles. The van der Waals surface area contributed by atoms with Gasteiger partial charge in [0.1, 0.15) is 5.76 Å². The van der Waals surface area contributed by atoms with Gasteiger partial charge < -0.3 is 20.2 Å². The highest BCUT2D eigenvalue weighted by Gasteiger charge is 2.23. The molecule has 0 aliphatic carbocycles. The molecule has 0 bridgehead atoms. The van der Waals surface area contributed by atoms with Gasteiger partial charge in [-0.25, -0.2) is 9.78 Å². The summed E-state index contributed by atoms with van der Waals surface area (Å²) in [6.07, 6.45) is 2.37.